The van der Waals surface area contributed by atoms with Crippen LogP contribution in [0, 0.1) is 5.92 Å². The average molecular weight is 285 g/mol. The van der Waals surface area contributed by atoms with Crippen LogP contribution in [-0.2, 0) is 9.53 Å². The molecule has 1 fully saturated rings. The number of nitrogens with two attached hydrogens (primary N) is 1. The summed E-state index contributed by atoms with van der Waals surface area (Å²) in [5.74, 6) is 0.240. The van der Waals surface area contributed by atoms with Crippen molar-refractivity contribution in [3.63, 3.8) is 0 Å². The summed E-state index contributed by atoms with van der Waals surface area (Å²) >= 11 is 0. The summed E-state index contributed by atoms with van der Waals surface area (Å²) < 4.78 is 5.69. The van der Waals surface area contributed by atoms with Crippen LogP contribution < -0.4 is 11.1 Å². The molecule has 0 heterocycles. The lowest BCUT2D eigenvalue weighted by Crippen LogP contribution is -2.41. The number of ether oxygens (including phenoxy) is 1. The van der Waals surface area contributed by atoms with Gasteiger partial charge in [-0.15, -0.1) is 0 Å². The van der Waals surface area contributed by atoms with Crippen molar-refractivity contribution < 1.29 is 9.53 Å². The Morgan fingerprint density at radius 3 is 2.80 bits per heavy atom. The van der Waals surface area contributed by atoms with Crippen molar-refractivity contribution in [3.8, 4) is 0 Å². The fourth-order valence-electron chi connectivity index (χ4n) is 2.71. The van der Waals surface area contributed by atoms with Gasteiger partial charge in [0.2, 0.25) is 5.91 Å². The van der Waals surface area contributed by atoms with Gasteiger partial charge < -0.3 is 20.7 Å². The maximum Gasteiger partial charge on any atom is 0.223 e. The van der Waals surface area contributed by atoms with E-state index in [4.69, 9.17) is 10.5 Å². The highest BCUT2D eigenvalue weighted by Gasteiger charge is 2.25. The van der Waals surface area contributed by atoms with Crippen molar-refractivity contribution in [1.29, 1.82) is 0 Å². The van der Waals surface area contributed by atoms with E-state index in [1.165, 1.54) is 0 Å². The van der Waals surface area contributed by atoms with Gasteiger partial charge in [-0.2, -0.15) is 0 Å². The van der Waals surface area contributed by atoms with E-state index in [0.29, 0.717) is 13.2 Å². The Labute approximate surface area is 123 Å². The van der Waals surface area contributed by atoms with Gasteiger partial charge in [0.25, 0.3) is 0 Å². The number of rotatable bonds is 8. The summed E-state index contributed by atoms with van der Waals surface area (Å²) in [6.45, 7) is 4.24. The predicted octanol–water partition coefficient (Wildman–Crippen LogP) is 0.977. The Morgan fingerprint density at radius 2 is 2.20 bits per heavy atom. The molecule has 118 valence electrons. The van der Waals surface area contributed by atoms with Crippen molar-refractivity contribution >= 4 is 5.91 Å². The van der Waals surface area contributed by atoms with Crippen LogP contribution in [-0.4, -0.2) is 56.7 Å². The van der Waals surface area contributed by atoms with E-state index in [1.54, 1.807) is 0 Å². The number of amides is 1. The zero-order chi connectivity index (χ0) is 15.0. The molecule has 1 saturated carbocycles. The fraction of sp³-hybridized carbons (Fsp3) is 0.933. The van der Waals surface area contributed by atoms with Gasteiger partial charge in [-0.3, -0.25) is 4.79 Å². The molecule has 3 atom stereocenters. The molecule has 20 heavy (non-hydrogen) atoms. The minimum Gasteiger partial charge on any atom is -0.377 e. The number of carbonyl (C=O) groups is 1. The van der Waals surface area contributed by atoms with Gasteiger partial charge in [0, 0.05) is 31.7 Å². The second kappa shape index (κ2) is 9.32. The molecule has 3 unspecified atom stereocenters. The van der Waals surface area contributed by atoms with E-state index in [0.717, 1.165) is 38.6 Å². The predicted molar refractivity (Wildman–Crippen MR) is 81.5 cm³/mol. The number of hydrogen-bond donors (Lipinski definition) is 2. The summed E-state index contributed by atoms with van der Waals surface area (Å²) in [5, 5.41) is 3.04. The Hall–Kier alpha value is -0.650. The molecule has 0 aromatic heterocycles. The van der Waals surface area contributed by atoms with E-state index in [-0.39, 0.29) is 24.0 Å². The van der Waals surface area contributed by atoms with Crippen molar-refractivity contribution in [2.75, 3.05) is 33.8 Å². The summed E-state index contributed by atoms with van der Waals surface area (Å²) in [4.78, 5) is 14.3. The van der Waals surface area contributed by atoms with Gasteiger partial charge in [0.05, 0.1) is 6.10 Å². The van der Waals surface area contributed by atoms with Gasteiger partial charge in [-0.1, -0.05) is 6.42 Å². The third-order valence-corrected chi connectivity index (χ3v) is 3.89. The molecule has 1 aliphatic rings. The molecule has 0 radical (unpaired) electrons. The molecule has 0 aliphatic heterocycles. The minimum absolute atomic E-state index is 0.0925. The van der Waals surface area contributed by atoms with Crippen molar-refractivity contribution in [3.05, 3.63) is 0 Å². The van der Waals surface area contributed by atoms with E-state index >= 15 is 0 Å². The molecule has 0 aromatic rings. The second-order valence-electron chi connectivity index (χ2n) is 6.04. The van der Waals surface area contributed by atoms with Crippen LogP contribution in [0.5, 0.6) is 0 Å². The standard InChI is InChI=1S/C15H31N3O2/c1-4-20-14(8-9-18(2)3)11-17-15(19)12-6-5-7-13(16)10-12/h12-14H,4-11,16H2,1-3H3,(H,17,19). The quantitative estimate of drug-likeness (QED) is 0.697. The zero-order valence-corrected chi connectivity index (χ0v) is 13.2. The van der Waals surface area contributed by atoms with Crippen molar-refractivity contribution in [2.24, 2.45) is 11.7 Å². The number of nitrogens with zero attached hydrogens (tertiary/aromatic N) is 1. The van der Waals surface area contributed by atoms with Gasteiger partial charge in [0.15, 0.2) is 0 Å². The molecule has 1 rings (SSSR count). The summed E-state index contributed by atoms with van der Waals surface area (Å²) in [6.07, 6.45) is 4.94. The zero-order valence-electron chi connectivity index (χ0n) is 13.2. The fourth-order valence-corrected chi connectivity index (χ4v) is 2.71. The first-order valence-corrected chi connectivity index (χ1v) is 7.82. The topological polar surface area (TPSA) is 67.6 Å². The summed E-state index contributed by atoms with van der Waals surface area (Å²) in [5.41, 5.74) is 5.94. The molecule has 0 aromatic carbocycles. The maximum atomic E-state index is 12.2. The third-order valence-electron chi connectivity index (χ3n) is 3.89. The van der Waals surface area contributed by atoms with Crippen LogP contribution in [0.3, 0.4) is 0 Å². The van der Waals surface area contributed by atoms with Crippen LogP contribution in [0.2, 0.25) is 0 Å². The van der Waals surface area contributed by atoms with Crippen LogP contribution in [0.1, 0.15) is 39.0 Å². The van der Waals surface area contributed by atoms with Crippen LogP contribution in [0.4, 0.5) is 0 Å². The lowest BCUT2D eigenvalue weighted by Gasteiger charge is -2.27. The lowest BCUT2D eigenvalue weighted by molar-refractivity contribution is -0.126. The Bertz CT molecular complexity index is 284. The Balaban J connectivity index is 2.31. The first kappa shape index (κ1) is 17.4. The molecule has 5 heteroatoms. The lowest BCUT2D eigenvalue weighted by atomic mass is 9.85. The Kier molecular flexibility index (Phi) is 8.11. The smallest absolute Gasteiger partial charge is 0.223 e. The highest BCUT2D eigenvalue weighted by atomic mass is 16.5. The highest BCUT2D eigenvalue weighted by molar-refractivity contribution is 5.78. The molecule has 0 saturated heterocycles. The van der Waals surface area contributed by atoms with Crippen LogP contribution in [0.25, 0.3) is 0 Å². The molecule has 3 N–H and O–H groups in total. The van der Waals surface area contributed by atoms with E-state index in [2.05, 4.69) is 10.2 Å². The maximum absolute atomic E-state index is 12.2. The number of carbonyl (C=O) groups excluding carboxylic acids is 1. The third kappa shape index (κ3) is 6.68. The molecular weight excluding hydrogens is 254 g/mol. The number of hydrogen-bond acceptors (Lipinski definition) is 4. The van der Waals surface area contributed by atoms with E-state index < -0.39 is 0 Å². The normalized spacial score (nSPS) is 24.6. The minimum atomic E-state index is 0.0925. The summed E-state index contributed by atoms with van der Waals surface area (Å²) in [6, 6.07) is 0.191. The van der Waals surface area contributed by atoms with E-state index in [1.807, 2.05) is 21.0 Å². The Morgan fingerprint density at radius 1 is 1.45 bits per heavy atom. The monoisotopic (exact) mass is 285 g/mol. The first-order valence-electron chi connectivity index (χ1n) is 7.82. The van der Waals surface area contributed by atoms with Crippen molar-refractivity contribution in [1.82, 2.24) is 10.2 Å². The van der Waals surface area contributed by atoms with Gasteiger partial charge in [0.1, 0.15) is 0 Å². The van der Waals surface area contributed by atoms with Gasteiger partial charge in [-0.25, -0.2) is 0 Å². The largest absolute Gasteiger partial charge is 0.377 e. The summed E-state index contributed by atoms with van der Waals surface area (Å²) in [7, 11) is 4.09. The SMILES string of the molecule is CCOC(CCN(C)C)CNC(=O)C1CCCC(N)C1. The van der Waals surface area contributed by atoms with Crippen LogP contribution in [0.15, 0.2) is 0 Å². The highest BCUT2D eigenvalue weighted by Crippen LogP contribution is 2.23. The molecule has 0 bridgehead atoms. The average Bonchev–Trinajstić information content (AvgIpc) is 2.41. The number of nitrogens with one attached hydrogen (secondary N) is 1. The van der Waals surface area contributed by atoms with Crippen molar-refractivity contribution in [2.45, 2.75) is 51.2 Å². The molecule has 0 spiro atoms. The van der Waals surface area contributed by atoms with Gasteiger partial charge >= 0.3 is 0 Å². The second-order valence-corrected chi connectivity index (χ2v) is 6.04. The van der Waals surface area contributed by atoms with Crippen LogP contribution >= 0.6 is 0 Å². The first-order chi connectivity index (χ1) is 9.52. The van der Waals surface area contributed by atoms with Gasteiger partial charge in [-0.05, 0) is 46.7 Å². The molecular formula is C15H31N3O2. The molecule has 1 amide bonds. The van der Waals surface area contributed by atoms with E-state index in [9.17, 15) is 4.79 Å². The molecule has 1 aliphatic carbocycles. The molecule has 5 nitrogen and oxygen atoms in total.